The fourth-order valence-corrected chi connectivity index (χ4v) is 2.31. The van der Waals surface area contributed by atoms with Gasteiger partial charge in [0.15, 0.2) is 0 Å². The van der Waals surface area contributed by atoms with Crippen LogP contribution >= 0.6 is 0 Å². The first-order valence-corrected chi connectivity index (χ1v) is 6.44. The molecule has 1 amide bonds. The predicted octanol–water partition coefficient (Wildman–Crippen LogP) is 2.00. The Hall–Kier alpha value is -1.42. The Kier molecular flexibility index (Phi) is 4.31. The van der Waals surface area contributed by atoms with E-state index in [2.05, 4.69) is 10.6 Å². The molecule has 0 aliphatic carbocycles. The van der Waals surface area contributed by atoms with Crippen molar-refractivity contribution in [1.82, 2.24) is 10.6 Å². The molecule has 1 saturated heterocycles. The molecule has 3 nitrogen and oxygen atoms in total. The molecule has 2 atom stereocenters. The number of carbonyl (C=O) groups is 1. The molecule has 0 spiro atoms. The smallest absolute Gasteiger partial charge is 0.224 e. The van der Waals surface area contributed by atoms with Gasteiger partial charge in [-0.2, -0.15) is 0 Å². The van der Waals surface area contributed by atoms with Gasteiger partial charge >= 0.3 is 0 Å². The van der Waals surface area contributed by atoms with Gasteiger partial charge in [-0.25, -0.2) is 4.39 Å². The van der Waals surface area contributed by atoms with Crippen LogP contribution in [0.2, 0.25) is 0 Å². The van der Waals surface area contributed by atoms with Gasteiger partial charge in [0, 0.05) is 12.1 Å². The van der Waals surface area contributed by atoms with Crippen LogP contribution in [0.15, 0.2) is 24.3 Å². The van der Waals surface area contributed by atoms with E-state index in [1.54, 1.807) is 18.2 Å². The number of piperidine rings is 1. The first kappa shape index (κ1) is 13.0. The molecule has 1 aromatic rings. The Morgan fingerprint density at radius 3 is 2.94 bits per heavy atom. The molecule has 2 rings (SSSR count). The summed E-state index contributed by atoms with van der Waals surface area (Å²) in [6.45, 7) is 3.51. The van der Waals surface area contributed by atoms with Crippen molar-refractivity contribution in [1.29, 1.82) is 0 Å². The van der Waals surface area contributed by atoms with Crippen LogP contribution in [0, 0.1) is 11.7 Å². The van der Waals surface area contributed by atoms with Gasteiger partial charge in [-0.05, 0) is 32.4 Å². The summed E-state index contributed by atoms with van der Waals surface area (Å²) in [5.74, 6) is -0.252. The molecule has 4 heteroatoms. The number of hydrogen-bond donors (Lipinski definition) is 2. The van der Waals surface area contributed by atoms with E-state index in [0.717, 1.165) is 25.9 Å². The third-order valence-corrected chi connectivity index (χ3v) is 3.40. The van der Waals surface area contributed by atoms with Crippen LogP contribution < -0.4 is 10.6 Å². The van der Waals surface area contributed by atoms with E-state index in [-0.39, 0.29) is 23.7 Å². The first-order valence-electron chi connectivity index (χ1n) is 6.44. The van der Waals surface area contributed by atoms with E-state index in [0.29, 0.717) is 5.56 Å². The summed E-state index contributed by atoms with van der Waals surface area (Å²) in [6.07, 6.45) is 1.93. The summed E-state index contributed by atoms with van der Waals surface area (Å²) >= 11 is 0. The van der Waals surface area contributed by atoms with Gasteiger partial charge in [-0.3, -0.25) is 4.79 Å². The second-order valence-electron chi connectivity index (χ2n) is 4.80. The number of nitrogens with one attached hydrogen (secondary N) is 2. The lowest BCUT2D eigenvalue weighted by Crippen LogP contribution is -2.41. The monoisotopic (exact) mass is 250 g/mol. The van der Waals surface area contributed by atoms with Crippen molar-refractivity contribution >= 4 is 5.91 Å². The molecule has 1 heterocycles. The number of amides is 1. The third kappa shape index (κ3) is 3.07. The maximum absolute atomic E-state index is 13.6. The van der Waals surface area contributed by atoms with Crippen LogP contribution in [0.3, 0.4) is 0 Å². The van der Waals surface area contributed by atoms with Gasteiger partial charge in [0.25, 0.3) is 0 Å². The zero-order chi connectivity index (χ0) is 13.0. The fourth-order valence-electron chi connectivity index (χ4n) is 2.31. The Labute approximate surface area is 107 Å². The third-order valence-electron chi connectivity index (χ3n) is 3.40. The Bertz CT molecular complexity index is 416. The molecule has 1 aliphatic rings. The molecule has 0 radical (unpaired) electrons. The molecule has 2 N–H and O–H groups in total. The second kappa shape index (κ2) is 5.96. The minimum Gasteiger partial charge on any atom is -0.349 e. The van der Waals surface area contributed by atoms with Crippen molar-refractivity contribution in [2.45, 2.75) is 25.8 Å². The largest absolute Gasteiger partial charge is 0.349 e. The van der Waals surface area contributed by atoms with Gasteiger partial charge in [0.2, 0.25) is 5.91 Å². The van der Waals surface area contributed by atoms with E-state index >= 15 is 0 Å². The SMILES string of the molecule is CC(NC(=O)[C@H]1CCCNC1)c1ccccc1F. The van der Waals surface area contributed by atoms with Crippen molar-refractivity contribution in [3.63, 3.8) is 0 Å². The summed E-state index contributed by atoms with van der Waals surface area (Å²) in [6, 6.07) is 6.27. The molecule has 18 heavy (non-hydrogen) atoms. The van der Waals surface area contributed by atoms with E-state index in [9.17, 15) is 9.18 Å². The molecule has 1 unspecified atom stereocenters. The van der Waals surface area contributed by atoms with Crippen LogP contribution in [0.25, 0.3) is 0 Å². The Balaban J connectivity index is 1.96. The van der Waals surface area contributed by atoms with Gasteiger partial charge in [0.05, 0.1) is 12.0 Å². The van der Waals surface area contributed by atoms with E-state index in [1.165, 1.54) is 6.07 Å². The molecule has 98 valence electrons. The minimum absolute atomic E-state index is 0.00738. The van der Waals surface area contributed by atoms with Crippen molar-refractivity contribution in [3.8, 4) is 0 Å². The minimum atomic E-state index is -0.291. The van der Waals surface area contributed by atoms with E-state index in [1.807, 2.05) is 6.92 Å². The lowest BCUT2D eigenvalue weighted by atomic mass is 9.98. The highest BCUT2D eigenvalue weighted by molar-refractivity contribution is 5.79. The summed E-state index contributed by atoms with van der Waals surface area (Å²) < 4.78 is 13.6. The Morgan fingerprint density at radius 1 is 1.50 bits per heavy atom. The number of benzene rings is 1. The average molecular weight is 250 g/mol. The first-order chi connectivity index (χ1) is 8.68. The van der Waals surface area contributed by atoms with Crippen LogP contribution in [0.5, 0.6) is 0 Å². The number of carbonyl (C=O) groups excluding carboxylic acids is 1. The van der Waals surface area contributed by atoms with Crippen molar-refractivity contribution in [3.05, 3.63) is 35.6 Å². The zero-order valence-corrected chi connectivity index (χ0v) is 10.6. The molecule has 0 saturated carbocycles. The van der Waals surface area contributed by atoms with Gasteiger partial charge < -0.3 is 10.6 Å². The highest BCUT2D eigenvalue weighted by atomic mass is 19.1. The van der Waals surface area contributed by atoms with Crippen molar-refractivity contribution < 1.29 is 9.18 Å². The standard InChI is InChI=1S/C14H19FN2O/c1-10(12-6-2-3-7-13(12)15)17-14(18)11-5-4-8-16-9-11/h2-3,6-7,10-11,16H,4-5,8-9H2,1H3,(H,17,18)/t10?,11-/m0/s1. The molecule has 1 aliphatic heterocycles. The average Bonchev–Trinajstić information content (AvgIpc) is 2.40. The summed E-state index contributed by atoms with van der Waals surface area (Å²) in [5.41, 5.74) is 0.537. The predicted molar refractivity (Wildman–Crippen MR) is 68.6 cm³/mol. The van der Waals surface area contributed by atoms with Crippen molar-refractivity contribution in [2.75, 3.05) is 13.1 Å². The number of hydrogen-bond acceptors (Lipinski definition) is 2. The van der Waals surface area contributed by atoms with E-state index < -0.39 is 0 Å². The van der Waals surface area contributed by atoms with Crippen molar-refractivity contribution in [2.24, 2.45) is 5.92 Å². The van der Waals surface area contributed by atoms with Crippen LogP contribution in [0.4, 0.5) is 4.39 Å². The lowest BCUT2D eigenvalue weighted by molar-refractivity contribution is -0.126. The number of halogens is 1. The highest BCUT2D eigenvalue weighted by Gasteiger charge is 2.23. The highest BCUT2D eigenvalue weighted by Crippen LogP contribution is 2.18. The maximum Gasteiger partial charge on any atom is 0.224 e. The normalized spacial score (nSPS) is 21.3. The summed E-state index contributed by atoms with van der Waals surface area (Å²) in [5, 5.41) is 6.09. The van der Waals surface area contributed by atoms with Crippen LogP contribution in [-0.4, -0.2) is 19.0 Å². The zero-order valence-electron chi connectivity index (χ0n) is 10.6. The summed E-state index contributed by atoms with van der Waals surface area (Å²) in [4.78, 5) is 12.0. The maximum atomic E-state index is 13.6. The molecule has 1 aromatic carbocycles. The molecular weight excluding hydrogens is 231 g/mol. The molecular formula is C14H19FN2O. The molecule has 0 bridgehead atoms. The topological polar surface area (TPSA) is 41.1 Å². The van der Waals surface area contributed by atoms with E-state index in [4.69, 9.17) is 0 Å². The van der Waals surface area contributed by atoms with Gasteiger partial charge in [-0.1, -0.05) is 18.2 Å². The fraction of sp³-hybridized carbons (Fsp3) is 0.500. The Morgan fingerprint density at radius 2 is 2.28 bits per heavy atom. The van der Waals surface area contributed by atoms with Gasteiger partial charge in [-0.15, -0.1) is 0 Å². The number of rotatable bonds is 3. The summed E-state index contributed by atoms with van der Waals surface area (Å²) in [7, 11) is 0. The lowest BCUT2D eigenvalue weighted by Gasteiger charge is -2.24. The molecule has 1 fully saturated rings. The van der Waals surface area contributed by atoms with Crippen LogP contribution in [-0.2, 0) is 4.79 Å². The van der Waals surface area contributed by atoms with Gasteiger partial charge in [0.1, 0.15) is 5.82 Å². The second-order valence-corrected chi connectivity index (χ2v) is 4.80. The molecule has 0 aromatic heterocycles. The quantitative estimate of drug-likeness (QED) is 0.861. The van der Waals surface area contributed by atoms with Crippen LogP contribution in [0.1, 0.15) is 31.4 Å².